The van der Waals surface area contributed by atoms with Crippen molar-refractivity contribution in [2.45, 2.75) is 39.2 Å². The zero-order valence-electron chi connectivity index (χ0n) is 10.4. The number of rotatable bonds is 4. The number of nitrogens with one attached hydrogen (secondary N) is 1. The van der Waals surface area contributed by atoms with E-state index in [0.29, 0.717) is 0 Å². The first-order valence-corrected chi connectivity index (χ1v) is 7.51. The summed E-state index contributed by atoms with van der Waals surface area (Å²) >= 11 is 5.21. The van der Waals surface area contributed by atoms with E-state index in [9.17, 15) is 0 Å². The summed E-state index contributed by atoms with van der Waals surface area (Å²) in [6.07, 6.45) is 2.20. The number of thiazole rings is 1. The van der Waals surface area contributed by atoms with Crippen LogP contribution in [0.5, 0.6) is 0 Å². The number of nitrogens with zero attached hydrogens (tertiary/aromatic N) is 1. The predicted molar refractivity (Wildman–Crippen MR) is 79.9 cm³/mol. The van der Waals surface area contributed by atoms with Gasteiger partial charge in [0.25, 0.3) is 0 Å². The van der Waals surface area contributed by atoms with Gasteiger partial charge in [-0.1, -0.05) is 41.1 Å². The van der Waals surface area contributed by atoms with Gasteiger partial charge in [-0.15, -0.1) is 0 Å². The summed E-state index contributed by atoms with van der Waals surface area (Å²) in [6, 6.07) is 6.20. The molecule has 2 nitrogen and oxygen atoms in total. The second-order valence-corrected chi connectivity index (χ2v) is 6.47. The van der Waals surface area contributed by atoms with Gasteiger partial charge in [-0.3, -0.25) is 0 Å². The molecule has 2 aromatic rings. The molecule has 0 saturated heterocycles. The number of halogens is 1. The van der Waals surface area contributed by atoms with Gasteiger partial charge in [-0.25, -0.2) is 4.98 Å². The Morgan fingerprint density at radius 2 is 2.06 bits per heavy atom. The van der Waals surface area contributed by atoms with Crippen LogP contribution < -0.4 is 5.32 Å². The molecule has 1 aromatic carbocycles. The number of aromatic nitrogens is 1. The third-order valence-electron chi connectivity index (χ3n) is 3.32. The van der Waals surface area contributed by atoms with E-state index in [4.69, 9.17) is 0 Å². The number of anilines is 1. The fourth-order valence-electron chi connectivity index (χ4n) is 1.64. The van der Waals surface area contributed by atoms with Crippen LogP contribution in [0.25, 0.3) is 10.2 Å². The van der Waals surface area contributed by atoms with Crippen molar-refractivity contribution < 1.29 is 0 Å². The van der Waals surface area contributed by atoms with Crippen LogP contribution in [0.2, 0.25) is 0 Å². The molecule has 0 saturated carbocycles. The van der Waals surface area contributed by atoms with Crippen LogP contribution in [-0.4, -0.2) is 10.5 Å². The van der Waals surface area contributed by atoms with Gasteiger partial charge in [0.1, 0.15) is 0 Å². The molecule has 1 aromatic heterocycles. The van der Waals surface area contributed by atoms with Crippen molar-refractivity contribution in [3.63, 3.8) is 0 Å². The lowest BCUT2D eigenvalue weighted by molar-refractivity contribution is 0.478. The molecule has 0 aliphatic carbocycles. The Morgan fingerprint density at radius 3 is 2.71 bits per heavy atom. The molecule has 0 spiro atoms. The summed E-state index contributed by atoms with van der Waals surface area (Å²) in [5.41, 5.74) is 1.21. The van der Waals surface area contributed by atoms with E-state index in [0.717, 1.165) is 28.0 Å². The number of benzene rings is 1. The van der Waals surface area contributed by atoms with Crippen molar-refractivity contribution in [3.8, 4) is 0 Å². The molecular formula is C13H17BrN2S. The van der Waals surface area contributed by atoms with Gasteiger partial charge >= 0.3 is 0 Å². The van der Waals surface area contributed by atoms with E-state index in [1.165, 1.54) is 4.70 Å². The third kappa shape index (κ3) is 2.80. The standard InChI is InChI=1S/C13H17BrN2S/c1-4-13(3,5-2)16-12-15-10-7-6-9(14)8-11(10)17-12/h6-8H,4-5H2,1-3H3,(H,15,16). The van der Waals surface area contributed by atoms with Crippen LogP contribution in [0.1, 0.15) is 33.6 Å². The molecule has 92 valence electrons. The van der Waals surface area contributed by atoms with Gasteiger partial charge in [0.05, 0.1) is 10.2 Å². The van der Waals surface area contributed by atoms with Crippen molar-refractivity contribution in [1.29, 1.82) is 0 Å². The smallest absolute Gasteiger partial charge is 0.184 e. The minimum Gasteiger partial charge on any atom is -0.356 e. The van der Waals surface area contributed by atoms with Gasteiger partial charge in [0.2, 0.25) is 0 Å². The molecular weight excluding hydrogens is 296 g/mol. The van der Waals surface area contributed by atoms with Crippen molar-refractivity contribution in [1.82, 2.24) is 4.98 Å². The van der Waals surface area contributed by atoms with E-state index in [-0.39, 0.29) is 5.54 Å². The average Bonchev–Trinajstić information content (AvgIpc) is 2.70. The fourth-order valence-corrected chi connectivity index (χ4v) is 3.20. The maximum atomic E-state index is 4.62. The summed E-state index contributed by atoms with van der Waals surface area (Å²) in [6.45, 7) is 6.66. The van der Waals surface area contributed by atoms with Gasteiger partial charge in [0, 0.05) is 10.0 Å². The highest BCUT2D eigenvalue weighted by Crippen LogP contribution is 2.31. The van der Waals surface area contributed by atoms with Crippen LogP contribution in [0.3, 0.4) is 0 Å². The van der Waals surface area contributed by atoms with Gasteiger partial charge < -0.3 is 5.32 Å². The Labute approximate surface area is 115 Å². The molecule has 2 rings (SSSR count). The lowest BCUT2D eigenvalue weighted by Gasteiger charge is -2.27. The molecule has 17 heavy (non-hydrogen) atoms. The minimum absolute atomic E-state index is 0.144. The van der Waals surface area contributed by atoms with Crippen LogP contribution >= 0.6 is 27.3 Å². The number of hydrogen-bond acceptors (Lipinski definition) is 3. The largest absolute Gasteiger partial charge is 0.356 e. The molecule has 0 bridgehead atoms. The highest BCUT2D eigenvalue weighted by Gasteiger charge is 2.20. The van der Waals surface area contributed by atoms with Crippen LogP contribution in [0.4, 0.5) is 5.13 Å². The third-order valence-corrected chi connectivity index (χ3v) is 4.75. The zero-order valence-corrected chi connectivity index (χ0v) is 12.8. The SMILES string of the molecule is CCC(C)(CC)Nc1nc2ccc(Br)cc2s1. The number of hydrogen-bond donors (Lipinski definition) is 1. The summed E-state index contributed by atoms with van der Waals surface area (Å²) in [7, 11) is 0. The van der Waals surface area contributed by atoms with E-state index >= 15 is 0 Å². The molecule has 0 unspecified atom stereocenters. The average molecular weight is 313 g/mol. The normalized spacial score (nSPS) is 12.0. The Hall–Kier alpha value is -0.610. The summed E-state index contributed by atoms with van der Waals surface area (Å²) < 4.78 is 2.32. The summed E-state index contributed by atoms with van der Waals surface area (Å²) in [5, 5.41) is 4.57. The fraction of sp³-hybridized carbons (Fsp3) is 0.462. The lowest BCUT2D eigenvalue weighted by Crippen LogP contribution is -2.32. The van der Waals surface area contributed by atoms with Gasteiger partial charge in [-0.05, 0) is 38.0 Å². The molecule has 0 radical (unpaired) electrons. The molecule has 4 heteroatoms. The topological polar surface area (TPSA) is 24.9 Å². The van der Waals surface area contributed by atoms with Gasteiger partial charge in [-0.2, -0.15) is 0 Å². The number of fused-ring (bicyclic) bond motifs is 1. The molecule has 1 N–H and O–H groups in total. The van der Waals surface area contributed by atoms with Crippen LogP contribution in [0.15, 0.2) is 22.7 Å². The second kappa shape index (κ2) is 4.94. The van der Waals surface area contributed by atoms with Crippen molar-refractivity contribution >= 4 is 42.6 Å². The first-order chi connectivity index (χ1) is 8.06. The highest BCUT2D eigenvalue weighted by atomic mass is 79.9. The Bertz CT molecular complexity index is 517. The molecule has 0 atom stereocenters. The summed E-state index contributed by atoms with van der Waals surface area (Å²) in [4.78, 5) is 4.62. The second-order valence-electron chi connectivity index (χ2n) is 4.52. The Kier molecular flexibility index (Phi) is 3.73. The Balaban J connectivity index is 2.31. The Morgan fingerprint density at radius 1 is 1.35 bits per heavy atom. The quantitative estimate of drug-likeness (QED) is 0.854. The highest BCUT2D eigenvalue weighted by molar-refractivity contribution is 9.10. The molecule has 0 amide bonds. The van der Waals surface area contributed by atoms with Crippen molar-refractivity contribution in [3.05, 3.63) is 22.7 Å². The first kappa shape index (κ1) is 12.8. The maximum Gasteiger partial charge on any atom is 0.184 e. The van der Waals surface area contributed by atoms with E-state index in [2.05, 4.69) is 59.1 Å². The zero-order chi connectivity index (χ0) is 12.5. The van der Waals surface area contributed by atoms with Crippen molar-refractivity contribution in [2.75, 3.05) is 5.32 Å². The van der Waals surface area contributed by atoms with E-state index in [1.807, 2.05) is 6.07 Å². The first-order valence-electron chi connectivity index (χ1n) is 5.90. The molecule has 1 heterocycles. The molecule has 0 fully saturated rings. The van der Waals surface area contributed by atoms with Crippen LogP contribution in [-0.2, 0) is 0 Å². The monoisotopic (exact) mass is 312 g/mol. The minimum atomic E-state index is 0.144. The lowest BCUT2D eigenvalue weighted by atomic mass is 9.96. The van der Waals surface area contributed by atoms with E-state index < -0.39 is 0 Å². The predicted octanol–water partition coefficient (Wildman–Crippen LogP) is 5.05. The van der Waals surface area contributed by atoms with Crippen molar-refractivity contribution in [2.24, 2.45) is 0 Å². The van der Waals surface area contributed by atoms with Crippen LogP contribution in [0, 0.1) is 0 Å². The van der Waals surface area contributed by atoms with E-state index in [1.54, 1.807) is 11.3 Å². The molecule has 0 aliphatic rings. The van der Waals surface area contributed by atoms with Gasteiger partial charge in [0.15, 0.2) is 5.13 Å². The molecule has 0 aliphatic heterocycles. The summed E-state index contributed by atoms with van der Waals surface area (Å²) in [5.74, 6) is 0. The maximum absolute atomic E-state index is 4.62.